The van der Waals surface area contributed by atoms with E-state index in [1.54, 1.807) is 6.07 Å². The SMILES string of the molecule is CC(Cl)c1nc2cc(Br)ccc2n1-c1ccccc1C#N. The monoisotopic (exact) mass is 359 g/mol. The summed E-state index contributed by atoms with van der Waals surface area (Å²) in [6.45, 7) is 1.88. The molecule has 2 aromatic carbocycles. The number of nitrogens with zero attached hydrogens (tertiary/aromatic N) is 3. The molecule has 0 aliphatic rings. The van der Waals surface area contributed by atoms with Crippen LogP contribution in [0.1, 0.15) is 23.7 Å². The molecule has 5 heteroatoms. The Morgan fingerprint density at radius 2 is 2.05 bits per heavy atom. The zero-order valence-corrected chi connectivity index (χ0v) is 13.6. The molecule has 1 aromatic heterocycles. The Labute approximate surface area is 135 Å². The van der Waals surface area contributed by atoms with Gasteiger partial charge in [0.2, 0.25) is 0 Å². The zero-order chi connectivity index (χ0) is 15.0. The van der Waals surface area contributed by atoms with Crippen LogP contribution in [0.25, 0.3) is 16.7 Å². The second-order valence-corrected chi connectivity index (χ2v) is 6.25. The first-order valence-electron chi connectivity index (χ1n) is 6.43. The Kier molecular flexibility index (Phi) is 3.71. The lowest BCUT2D eigenvalue weighted by Crippen LogP contribution is -2.03. The summed E-state index contributed by atoms with van der Waals surface area (Å²) in [5, 5.41) is 9.08. The summed E-state index contributed by atoms with van der Waals surface area (Å²) >= 11 is 9.74. The van der Waals surface area contributed by atoms with Gasteiger partial charge in [-0.3, -0.25) is 4.57 Å². The maximum atomic E-state index is 9.34. The summed E-state index contributed by atoms with van der Waals surface area (Å²) in [6.07, 6.45) is 0. The Hall–Kier alpha value is -1.83. The van der Waals surface area contributed by atoms with E-state index in [1.807, 2.05) is 47.9 Å². The highest BCUT2D eigenvalue weighted by Gasteiger charge is 2.18. The molecule has 3 aromatic rings. The molecule has 1 atom stereocenters. The van der Waals surface area contributed by atoms with E-state index < -0.39 is 0 Å². The summed E-state index contributed by atoms with van der Waals surface area (Å²) in [5.74, 6) is 0.729. The number of aromatic nitrogens is 2. The van der Waals surface area contributed by atoms with Crippen molar-refractivity contribution in [1.29, 1.82) is 5.26 Å². The van der Waals surface area contributed by atoms with Crippen LogP contribution in [0.4, 0.5) is 0 Å². The van der Waals surface area contributed by atoms with Crippen molar-refractivity contribution in [3.05, 3.63) is 58.3 Å². The molecule has 3 nitrogen and oxygen atoms in total. The molecule has 0 spiro atoms. The van der Waals surface area contributed by atoms with Crippen molar-refractivity contribution in [2.75, 3.05) is 0 Å². The molecule has 0 N–H and O–H groups in total. The first-order chi connectivity index (χ1) is 10.1. The van der Waals surface area contributed by atoms with Crippen LogP contribution in [0.5, 0.6) is 0 Å². The van der Waals surface area contributed by atoms with Crippen LogP contribution >= 0.6 is 27.5 Å². The van der Waals surface area contributed by atoms with Gasteiger partial charge < -0.3 is 0 Å². The summed E-state index contributed by atoms with van der Waals surface area (Å²) < 4.78 is 2.92. The zero-order valence-electron chi connectivity index (χ0n) is 11.2. The Bertz CT molecular complexity index is 862. The second-order valence-electron chi connectivity index (χ2n) is 4.68. The van der Waals surface area contributed by atoms with Crippen molar-refractivity contribution in [1.82, 2.24) is 9.55 Å². The van der Waals surface area contributed by atoms with Crippen LogP contribution in [0.3, 0.4) is 0 Å². The van der Waals surface area contributed by atoms with Gasteiger partial charge in [-0.05, 0) is 37.3 Å². The quantitative estimate of drug-likeness (QED) is 0.606. The van der Waals surface area contributed by atoms with E-state index in [9.17, 15) is 5.26 Å². The van der Waals surface area contributed by atoms with E-state index in [1.165, 1.54) is 0 Å². The van der Waals surface area contributed by atoms with Gasteiger partial charge in [0.1, 0.15) is 11.9 Å². The van der Waals surface area contributed by atoms with Crippen LogP contribution in [0.2, 0.25) is 0 Å². The van der Waals surface area contributed by atoms with Gasteiger partial charge in [0.25, 0.3) is 0 Å². The molecule has 3 rings (SSSR count). The van der Waals surface area contributed by atoms with E-state index in [2.05, 4.69) is 27.0 Å². The number of hydrogen-bond donors (Lipinski definition) is 0. The lowest BCUT2D eigenvalue weighted by atomic mass is 10.2. The maximum Gasteiger partial charge on any atom is 0.132 e. The van der Waals surface area contributed by atoms with Crippen molar-refractivity contribution in [3.8, 4) is 11.8 Å². The van der Waals surface area contributed by atoms with Gasteiger partial charge in [-0.15, -0.1) is 11.6 Å². The number of imidazole rings is 1. The van der Waals surface area contributed by atoms with Gasteiger partial charge in [0, 0.05) is 4.47 Å². The lowest BCUT2D eigenvalue weighted by Gasteiger charge is -2.12. The van der Waals surface area contributed by atoms with Gasteiger partial charge in [0.15, 0.2) is 0 Å². The van der Waals surface area contributed by atoms with Crippen LogP contribution in [-0.2, 0) is 0 Å². The summed E-state index contributed by atoms with van der Waals surface area (Å²) in [5.41, 5.74) is 3.17. The molecular formula is C16H11BrClN3. The molecule has 1 heterocycles. The van der Waals surface area contributed by atoms with Crippen molar-refractivity contribution in [3.63, 3.8) is 0 Å². The van der Waals surface area contributed by atoms with Crippen LogP contribution in [0, 0.1) is 11.3 Å². The molecule has 21 heavy (non-hydrogen) atoms. The fourth-order valence-electron chi connectivity index (χ4n) is 2.36. The first kappa shape index (κ1) is 14.1. The normalized spacial score (nSPS) is 12.3. The smallest absolute Gasteiger partial charge is 0.132 e. The molecule has 0 aliphatic carbocycles. The van der Waals surface area contributed by atoms with E-state index >= 15 is 0 Å². The first-order valence-corrected chi connectivity index (χ1v) is 7.66. The number of nitriles is 1. The molecule has 0 aliphatic heterocycles. The molecule has 1 unspecified atom stereocenters. The molecule has 0 saturated heterocycles. The largest absolute Gasteiger partial charge is 0.294 e. The number of fused-ring (bicyclic) bond motifs is 1. The van der Waals surface area contributed by atoms with Crippen LogP contribution < -0.4 is 0 Å². The highest BCUT2D eigenvalue weighted by atomic mass is 79.9. The molecule has 0 saturated carbocycles. The van der Waals surface area contributed by atoms with Gasteiger partial charge in [-0.25, -0.2) is 4.98 Å². The van der Waals surface area contributed by atoms with Crippen molar-refractivity contribution >= 4 is 38.6 Å². The number of hydrogen-bond acceptors (Lipinski definition) is 2. The minimum Gasteiger partial charge on any atom is -0.294 e. The number of halogens is 2. The average Bonchev–Trinajstić information content (AvgIpc) is 2.85. The maximum absolute atomic E-state index is 9.34. The molecule has 0 bridgehead atoms. The third-order valence-electron chi connectivity index (χ3n) is 3.26. The van der Waals surface area contributed by atoms with Gasteiger partial charge in [-0.2, -0.15) is 5.26 Å². The third-order valence-corrected chi connectivity index (χ3v) is 3.95. The molecular weight excluding hydrogens is 350 g/mol. The van der Waals surface area contributed by atoms with Crippen molar-refractivity contribution in [2.24, 2.45) is 0 Å². The summed E-state index contributed by atoms with van der Waals surface area (Å²) in [7, 11) is 0. The highest BCUT2D eigenvalue weighted by molar-refractivity contribution is 9.10. The third kappa shape index (κ3) is 2.44. The van der Waals surface area contributed by atoms with Gasteiger partial charge in [-0.1, -0.05) is 28.1 Å². The minimum absolute atomic E-state index is 0.261. The standard InChI is InChI=1S/C16H11BrClN3/c1-10(18)16-20-13-8-12(17)6-7-15(13)21(16)14-5-3-2-4-11(14)9-19/h2-8,10H,1H3. The number of alkyl halides is 1. The number of rotatable bonds is 2. The highest BCUT2D eigenvalue weighted by Crippen LogP contribution is 2.30. The van der Waals surface area contributed by atoms with E-state index in [4.69, 9.17) is 11.6 Å². The predicted octanol–water partition coefficient (Wildman–Crippen LogP) is 4.96. The number of para-hydroxylation sites is 1. The lowest BCUT2D eigenvalue weighted by molar-refractivity contribution is 0.881. The molecule has 0 fully saturated rings. The summed E-state index contributed by atoms with van der Waals surface area (Å²) in [6, 6.07) is 15.6. The van der Waals surface area contributed by atoms with Crippen LogP contribution in [0.15, 0.2) is 46.9 Å². The van der Waals surface area contributed by atoms with Crippen molar-refractivity contribution in [2.45, 2.75) is 12.3 Å². The van der Waals surface area contributed by atoms with Gasteiger partial charge >= 0.3 is 0 Å². The average molecular weight is 361 g/mol. The number of benzene rings is 2. The Morgan fingerprint density at radius 1 is 1.29 bits per heavy atom. The topological polar surface area (TPSA) is 41.6 Å². The predicted molar refractivity (Wildman–Crippen MR) is 87.8 cm³/mol. The molecule has 0 radical (unpaired) electrons. The minimum atomic E-state index is -0.261. The fourth-order valence-corrected chi connectivity index (χ4v) is 2.85. The fraction of sp³-hybridized carbons (Fsp3) is 0.125. The van der Waals surface area contributed by atoms with E-state index in [0.29, 0.717) is 5.56 Å². The summed E-state index contributed by atoms with van der Waals surface area (Å²) in [4.78, 5) is 4.62. The van der Waals surface area contributed by atoms with Gasteiger partial charge in [0.05, 0.1) is 27.7 Å². The van der Waals surface area contributed by atoms with Crippen molar-refractivity contribution < 1.29 is 0 Å². The van der Waals surface area contributed by atoms with Crippen LogP contribution in [-0.4, -0.2) is 9.55 Å². The molecule has 0 amide bonds. The second kappa shape index (κ2) is 5.51. The Morgan fingerprint density at radius 3 is 2.76 bits per heavy atom. The molecule has 104 valence electrons. The van der Waals surface area contributed by atoms with E-state index in [-0.39, 0.29) is 5.38 Å². The van der Waals surface area contributed by atoms with E-state index in [0.717, 1.165) is 27.0 Å². The Balaban J connectivity index is 2.40.